The molecule has 0 aliphatic rings. The molecule has 2 aromatic rings. The Labute approximate surface area is 154 Å². The van der Waals surface area contributed by atoms with E-state index in [1.807, 2.05) is 12.1 Å². The summed E-state index contributed by atoms with van der Waals surface area (Å²) in [6.45, 7) is 4.74. The molecule has 0 amide bonds. The Bertz CT molecular complexity index is 632. The summed E-state index contributed by atoms with van der Waals surface area (Å²) < 4.78 is 0. The second-order valence-electron chi connectivity index (χ2n) is 5.15. The van der Waals surface area contributed by atoms with E-state index in [1.165, 1.54) is 11.1 Å². The SMILES string of the molecule is CCc1cccc(CC)c1NC(N)=NCc1ccc(O)cc1.I. The fraction of sp³-hybridized carbons (Fsp3) is 0.278. The zero-order chi connectivity index (χ0) is 15.9. The van der Waals surface area contributed by atoms with Crippen molar-refractivity contribution in [3.05, 3.63) is 59.2 Å². The monoisotopic (exact) mass is 425 g/mol. The van der Waals surface area contributed by atoms with Crippen molar-refractivity contribution in [3.8, 4) is 5.75 Å². The minimum Gasteiger partial charge on any atom is -0.508 e. The standard InChI is InChI=1S/C18H23N3O.HI/c1-3-14-6-5-7-15(4-2)17(14)21-18(19)20-12-13-8-10-16(22)11-9-13;/h5-11,22H,3-4,12H2,1-2H3,(H3,19,20,21);1H. The van der Waals surface area contributed by atoms with Gasteiger partial charge in [0.05, 0.1) is 6.54 Å². The van der Waals surface area contributed by atoms with E-state index in [1.54, 1.807) is 12.1 Å². The van der Waals surface area contributed by atoms with E-state index in [2.05, 4.69) is 42.4 Å². The van der Waals surface area contributed by atoms with Crippen LogP contribution in [-0.4, -0.2) is 11.1 Å². The molecule has 5 heteroatoms. The summed E-state index contributed by atoms with van der Waals surface area (Å²) in [6.07, 6.45) is 1.89. The number of aliphatic imine (C=N–C) groups is 1. The molecule has 0 spiro atoms. The number of hydrogen-bond acceptors (Lipinski definition) is 2. The number of anilines is 1. The first-order chi connectivity index (χ1) is 10.6. The lowest BCUT2D eigenvalue weighted by molar-refractivity contribution is 0.475. The lowest BCUT2D eigenvalue weighted by atomic mass is 10.0. The highest BCUT2D eigenvalue weighted by Gasteiger charge is 2.06. The highest BCUT2D eigenvalue weighted by molar-refractivity contribution is 14.0. The summed E-state index contributed by atoms with van der Waals surface area (Å²) in [5.74, 6) is 0.659. The highest BCUT2D eigenvalue weighted by atomic mass is 127. The van der Waals surface area contributed by atoms with E-state index < -0.39 is 0 Å². The Hall–Kier alpha value is -1.76. The Balaban J connectivity index is 0.00000264. The number of halogens is 1. The molecule has 0 aliphatic heterocycles. The number of aromatic hydroxyl groups is 1. The number of benzene rings is 2. The largest absolute Gasteiger partial charge is 0.508 e. The lowest BCUT2D eigenvalue weighted by Crippen LogP contribution is -2.24. The molecule has 0 atom stereocenters. The summed E-state index contributed by atoms with van der Waals surface area (Å²) >= 11 is 0. The topological polar surface area (TPSA) is 70.6 Å². The van der Waals surface area contributed by atoms with Crippen molar-refractivity contribution in [3.63, 3.8) is 0 Å². The first-order valence-corrected chi connectivity index (χ1v) is 7.59. The van der Waals surface area contributed by atoms with E-state index in [4.69, 9.17) is 5.73 Å². The zero-order valence-corrected chi connectivity index (χ0v) is 15.9. The summed E-state index contributed by atoms with van der Waals surface area (Å²) in [4.78, 5) is 4.37. The third-order valence-electron chi connectivity index (χ3n) is 3.62. The van der Waals surface area contributed by atoms with Crippen molar-refractivity contribution in [2.75, 3.05) is 5.32 Å². The van der Waals surface area contributed by atoms with Crippen LogP contribution in [0.4, 0.5) is 5.69 Å². The minimum absolute atomic E-state index is 0. The van der Waals surface area contributed by atoms with E-state index >= 15 is 0 Å². The smallest absolute Gasteiger partial charge is 0.193 e. The second kappa shape index (κ2) is 9.39. The van der Waals surface area contributed by atoms with Gasteiger partial charge in [0.25, 0.3) is 0 Å². The molecule has 124 valence electrons. The number of aryl methyl sites for hydroxylation is 2. The molecule has 0 heterocycles. The van der Waals surface area contributed by atoms with Gasteiger partial charge in [0.15, 0.2) is 5.96 Å². The molecular formula is C18H24IN3O. The number of guanidine groups is 1. The molecule has 4 nitrogen and oxygen atoms in total. The van der Waals surface area contributed by atoms with Crippen molar-refractivity contribution in [1.82, 2.24) is 0 Å². The lowest BCUT2D eigenvalue weighted by Gasteiger charge is -2.14. The van der Waals surface area contributed by atoms with Crippen molar-refractivity contribution < 1.29 is 5.11 Å². The Kier molecular flexibility index (Phi) is 7.88. The van der Waals surface area contributed by atoms with Crippen molar-refractivity contribution in [2.24, 2.45) is 10.7 Å². The van der Waals surface area contributed by atoms with Gasteiger partial charge in [-0.25, -0.2) is 4.99 Å². The van der Waals surface area contributed by atoms with Crippen molar-refractivity contribution in [1.29, 1.82) is 0 Å². The maximum atomic E-state index is 9.27. The van der Waals surface area contributed by atoms with Gasteiger partial charge in [-0.15, -0.1) is 24.0 Å². The third kappa shape index (κ3) is 5.42. The summed E-state index contributed by atoms with van der Waals surface area (Å²) in [5.41, 5.74) is 10.6. The first-order valence-electron chi connectivity index (χ1n) is 7.59. The number of para-hydroxylation sites is 1. The van der Waals surface area contributed by atoms with Gasteiger partial charge < -0.3 is 16.2 Å². The molecule has 23 heavy (non-hydrogen) atoms. The van der Waals surface area contributed by atoms with Crippen molar-refractivity contribution >= 4 is 35.6 Å². The molecule has 0 bridgehead atoms. The molecule has 0 unspecified atom stereocenters. The van der Waals surface area contributed by atoms with Gasteiger partial charge in [-0.2, -0.15) is 0 Å². The summed E-state index contributed by atoms with van der Waals surface area (Å²) in [5, 5.41) is 12.5. The number of rotatable bonds is 5. The molecule has 0 saturated heterocycles. The maximum absolute atomic E-state index is 9.27. The Morgan fingerprint density at radius 2 is 1.61 bits per heavy atom. The first kappa shape index (κ1) is 19.3. The number of phenols is 1. The van der Waals surface area contributed by atoms with E-state index in [9.17, 15) is 5.11 Å². The number of nitrogens with one attached hydrogen (secondary N) is 1. The molecule has 2 rings (SSSR count). The van der Waals surface area contributed by atoms with E-state index in [0.717, 1.165) is 24.1 Å². The summed E-state index contributed by atoms with van der Waals surface area (Å²) in [7, 11) is 0. The van der Waals surface area contributed by atoms with Crippen LogP contribution < -0.4 is 11.1 Å². The number of nitrogens with zero attached hydrogens (tertiary/aromatic N) is 1. The quantitative estimate of drug-likeness (QED) is 0.385. The van der Waals surface area contributed by atoms with Crippen LogP contribution in [0.2, 0.25) is 0 Å². The van der Waals surface area contributed by atoms with Crippen molar-refractivity contribution in [2.45, 2.75) is 33.2 Å². The number of hydrogen-bond donors (Lipinski definition) is 3. The van der Waals surface area contributed by atoms with Crippen LogP contribution in [0, 0.1) is 0 Å². The predicted octanol–water partition coefficient (Wildman–Crippen LogP) is 4.06. The molecule has 0 aliphatic carbocycles. The Morgan fingerprint density at radius 1 is 1.04 bits per heavy atom. The van der Waals surface area contributed by atoms with Gasteiger partial charge in [-0.05, 0) is 41.7 Å². The summed E-state index contributed by atoms with van der Waals surface area (Å²) in [6, 6.07) is 13.3. The van der Waals surface area contributed by atoms with Gasteiger partial charge in [0.1, 0.15) is 5.75 Å². The molecule has 0 saturated carbocycles. The van der Waals surface area contributed by atoms with Gasteiger partial charge in [0.2, 0.25) is 0 Å². The van der Waals surface area contributed by atoms with Crippen LogP contribution >= 0.6 is 24.0 Å². The Morgan fingerprint density at radius 3 is 2.13 bits per heavy atom. The molecule has 0 aromatic heterocycles. The van der Waals surface area contributed by atoms with Crippen LogP contribution in [0.3, 0.4) is 0 Å². The van der Waals surface area contributed by atoms with Gasteiger partial charge in [-0.3, -0.25) is 0 Å². The molecule has 2 aromatic carbocycles. The van der Waals surface area contributed by atoms with Crippen LogP contribution in [0.15, 0.2) is 47.5 Å². The van der Waals surface area contributed by atoms with Gasteiger partial charge in [0, 0.05) is 5.69 Å². The molecule has 0 fully saturated rings. The van der Waals surface area contributed by atoms with Crippen LogP contribution in [-0.2, 0) is 19.4 Å². The normalized spacial score (nSPS) is 11.0. The van der Waals surface area contributed by atoms with Crippen LogP contribution in [0.25, 0.3) is 0 Å². The zero-order valence-electron chi connectivity index (χ0n) is 13.5. The number of phenolic OH excluding ortho intramolecular Hbond substituents is 1. The average Bonchev–Trinajstić information content (AvgIpc) is 2.54. The van der Waals surface area contributed by atoms with Crippen LogP contribution in [0.1, 0.15) is 30.5 Å². The van der Waals surface area contributed by atoms with E-state index in [-0.39, 0.29) is 29.7 Å². The second-order valence-corrected chi connectivity index (χ2v) is 5.15. The fourth-order valence-electron chi connectivity index (χ4n) is 2.35. The number of nitrogens with two attached hydrogens (primary N) is 1. The molecular weight excluding hydrogens is 401 g/mol. The highest BCUT2D eigenvalue weighted by Crippen LogP contribution is 2.22. The average molecular weight is 425 g/mol. The predicted molar refractivity (Wildman–Crippen MR) is 108 cm³/mol. The minimum atomic E-state index is 0. The van der Waals surface area contributed by atoms with Crippen LogP contribution in [0.5, 0.6) is 5.75 Å². The third-order valence-corrected chi connectivity index (χ3v) is 3.62. The van der Waals surface area contributed by atoms with Gasteiger partial charge in [-0.1, -0.05) is 44.2 Å². The molecule has 0 radical (unpaired) electrons. The van der Waals surface area contributed by atoms with E-state index in [0.29, 0.717) is 12.5 Å². The molecule has 4 N–H and O–H groups in total. The fourth-order valence-corrected chi connectivity index (χ4v) is 2.35. The maximum Gasteiger partial charge on any atom is 0.193 e. The van der Waals surface area contributed by atoms with Gasteiger partial charge >= 0.3 is 0 Å².